The van der Waals surface area contributed by atoms with Gasteiger partial charge in [-0.15, -0.1) is 0 Å². The number of halogens is 3. The van der Waals surface area contributed by atoms with Crippen molar-refractivity contribution >= 4 is 74.1 Å². The van der Waals surface area contributed by atoms with E-state index in [1.54, 1.807) is 66.7 Å². The van der Waals surface area contributed by atoms with Gasteiger partial charge in [0.25, 0.3) is 11.1 Å². The first-order chi connectivity index (χ1) is 17.8. The fourth-order valence-corrected chi connectivity index (χ4v) is 5.07. The van der Waals surface area contributed by atoms with Crippen molar-refractivity contribution in [2.24, 2.45) is 0 Å². The molecule has 7 nitrogen and oxygen atoms in total. The number of thioether (sulfide) groups is 1. The molecular formula is C26H18BrCl2NO6S. The molecule has 4 rings (SSSR count). The molecule has 1 saturated heterocycles. The molecule has 37 heavy (non-hydrogen) atoms. The maximum atomic E-state index is 12.9. The number of hydrogen-bond acceptors (Lipinski definition) is 7. The second-order valence-electron chi connectivity index (χ2n) is 7.54. The molecule has 1 fully saturated rings. The predicted molar refractivity (Wildman–Crippen MR) is 147 cm³/mol. The van der Waals surface area contributed by atoms with Crippen LogP contribution in [-0.2, 0) is 4.79 Å². The van der Waals surface area contributed by atoms with Crippen molar-refractivity contribution in [2.75, 3.05) is 20.3 Å². The second kappa shape index (κ2) is 12.0. The van der Waals surface area contributed by atoms with Gasteiger partial charge in [0.1, 0.15) is 12.4 Å². The zero-order chi connectivity index (χ0) is 26.5. The van der Waals surface area contributed by atoms with Gasteiger partial charge in [-0.2, -0.15) is 0 Å². The molecule has 0 saturated carbocycles. The van der Waals surface area contributed by atoms with Crippen LogP contribution in [0.25, 0.3) is 6.08 Å². The van der Waals surface area contributed by atoms with Crippen LogP contribution in [0.2, 0.25) is 10.0 Å². The number of esters is 1. The lowest BCUT2D eigenvalue weighted by atomic mass is 10.1. The van der Waals surface area contributed by atoms with Gasteiger partial charge in [-0.3, -0.25) is 14.5 Å². The molecule has 3 aromatic rings. The molecule has 0 N–H and O–H groups in total. The molecule has 0 aromatic heterocycles. The first kappa shape index (κ1) is 27.1. The Morgan fingerprint density at radius 1 is 1.08 bits per heavy atom. The quantitative estimate of drug-likeness (QED) is 0.151. The van der Waals surface area contributed by atoms with Crippen molar-refractivity contribution in [3.05, 3.63) is 91.2 Å². The highest BCUT2D eigenvalue weighted by Gasteiger charge is 2.35. The Labute approximate surface area is 235 Å². The Hall–Kier alpha value is -2.98. The van der Waals surface area contributed by atoms with E-state index in [1.807, 2.05) is 0 Å². The van der Waals surface area contributed by atoms with Gasteiger partial charge >= 0.3 is 5.97 Å². The highest BCUT2D eigenvalue weighted by atomic mass is 79.9. The van der Waals surface area contributed by atoms with Crippen molar-refractivity contribution in [1.82, 2.24) is 4.90 Å². The summed E-state index contributed by atoms with van der Waals surface area (Å²) < 4.78 is 16.9. The lowest BCUT2D eigenvalue weighted by molar-refractivity contribution is -0.123. The van der Waals surface area contributed by atoms with Gasteiger partial charge in [0, 0.05) is 5.02 Å². The molecule has 0 unspecified atom stereocenters. The Morgan fingerprint density at radius 3 is 2.51 bits per heavy atom. The molecular weight excluding hydrogens is 605 g/mol. The van der Waals surface area contributed by atoms with Gasteiger partial charge in [-0.25, -0.2) is 4.79 Å². The average molecular weight is 623 g/mol. The van der Waals surface area contributed by atoms with Gasteiger partial charge in [0.05, 0.1) is 33.6 Å². The molecule has 0 spiro atoms. The summed E-state index contributed by atoms with van der Waals surface area (Å²) in [5.74, 6) is -0.105. The summed E-state index contributed by atoms with van der Waals surface area (Å²) in [6, 6.07) is 16.6. The van der Waals surface area contributed by atoms with E-state index in [0.717, 1.165) is 16.7 Å². The molecule has 1 aliphatic heterocycles. The molecule has 2 amide bonds. The Balaban J connectivity index is 1.47. The number of rotatable bonds is 8. The number of ether oxygens (including phenoxy) is 3. The van der Waals surface area contributed by atoms with Crippen LogP contribution in [0.1, 0.15) is 15.9 Å². The molecule has 1 aliphatic rings. The molecule has 190 valence electrons. The number of hydrogen-bond donors (Lipinski definition) is 0. The third kappa shape index (κ3) is 6.48. The third-order valence-corrected chi connectivity index (χ3v) is 7.19. The second-order valence-corrected chi connectivity index (χ2v) is 10.2. The lowest BCUT2D eigenvalue weighted by Crippen LogP contribution is -2.32. The van der Waals surface area contributed by atoms with E-state index in [0.29, 0.717) is 20.8 Å². The van der Waals surface area contributed by atoms with Crippen LogP contribution in [0.3, 0.4) is 0 Å². The van der Waals surface area contributed by atoms with Gasteiger partial charge in [0.15, 0.2) is 11.5 Å². The minimum absolute atomic E-state index is 0.0918. The molecule has 3 aromatic carbocycles. The molecule has 0 atom stereocenters. The van der Waals surface area contributed by atoms with E-state index < -0.39 is 17.1 Å². The first-order valence-corrected chi connectivity index (χ1v) is 13.1. The topological polar surface area (TPSA) is 82.1 Å². The van der Waals surface area contributed by atoms with Crippen LogP contribution in [0, 0.1) is 0 Å². The van der Waals surface area contributed by atoms with Crippen LogP contribution in [0.5, 0.6) is 17.2 Å². The Morgan fingerprint density at radius 2 is 1.81 bits per heavy atom. The van der Waals surface area contributed by atoms with Gasteiger partial charge in [-0.1, -0.05) is 35.3 Å². The van der Waals surface area contributed by atoms with E-state index in [4.69, 9.17) is 37.4 Å². The fourth-order valence-electron chi connectivity index (χ4n) is 3.33. The number of carbonyl (C=O) groups excluding carboxylic acids is 3. The molecule has 0 bridgehead atoms. The monoisotopic (exact) mass is 621 g/mol. The summed E-state index contributed by atoms with van der Waals surface area (Å²) in [4.78, 5) is 39.3. The van der Waals surface area contributed by atoms with E-state index in [2.05, 4.69) is 15.9 Å². The van der Waals surface area contributed by atoms with Crippen molar-refractivity contribution < 1.29 is 28.6 Å². The normalized spacial score (nSPS) is 14.3. The van der Waals surface area contributed by atoms with Crippen molar-refractivity contribution in [2.45, 2.75) is 0 Å². The zero-order valence-electron chi connectivity index (χ0n) is 19.2. The lowest BCUT2D eigenvalue weighted by Gasteiger charge is -2.13. The summed E-state index contributed by atoms with van der Waals surface area (Å²) in [7, 11) is 1.42. The number of nitrogens with zero attached hydrogens (tertiary/aromatic N) is 1. The van der Waals surface area contributed by atoms with Gasteiger partial charge in [-0.05, 0) is 87.9 Å². The summed E-state index contributed by atoms with van der Waals surface area (Å²) in [6.45, 7) is 0.229. The Kier molecular flexibility index (Phi) is 8.81. The molecule has 1 heterocycles. The maximum Gasteiger partial charge on any atom is 0.345 e. The molecule has 11 heteroatoms. The van der Waals surface area contributed by atoms with E-state index in [-0.39, 0.29) is 40.1 Å². The number of amides is 2. The molecule has 0 radical (unpaired) electrons. The van der Waals surface area contributed by atoms with Crippen LogP contribution in [-0.4, -0.2) is 42.3 Å². The van der Waals surface area contributed by atoms with Crippen LogP contribution in [0.15, 0.2) is 70.0 Å². The van der Waals surface area contributed by atoms with Crippen LogP contribution < -0.4 is 14.2 Å². The number of methoxy groups -OCH3 is 1. The summed E-state index contributed by atoms with van der Waals surface area (Å²) in [5, 5.41) is 0.444. The van der Waals surface area contributed by atoms with Crippen molar-refractivity contribution in [1.29, 1.82) is 0 Å². The van der Waals surface area contributed by atoms with Crippen LogP contribution in [0.4, 0.5) is 4.79 Å². The SMILES string of the molecule is COc1cc(/C=C2\SC(=O)N(CCOc3ccc(Cl)cc3)C2=O)cc(Br)c1OC(=O)c1ccccc1Cl. The largest absolute Gasteiger partial charge is 0.493 e. The minimum Gasteiger partial charge on any atom is -0.493 e. The van der Waals surface area contributed by atoms with Gasteiger partial charge < -0.3 is 14.2 Å². The summed E-state index contributed by atoms with van der Waals surface area (Å²) in [6.07, 6.45) is 1.57. The Bertz CT molecular complexity index is 1400. The molecule has 0 aliphatic carbocycles. The smallest absolute Gasteiger partial charge is 0.345 e. The van der Waals surface area contributed by atoms with E-state index >= 15 is 0 Å². The number of carbonyl (C=O) groups is 3. The van der Waals surface area contributed by atoms with Crippen LogP contribution >= 0.6 is 50.9 Å². The van der Waals surface area contributed by atoms with Crippen molar-refractivity contribution in [3.8, 4) is 17.2 Å². The zero-order valence-corrected chi connectivity index (χ0v) is 23.1. The number of imide groups is 1. The summed E-state index contributed by atoms with van der Waals surface area (Å²) in [5.41, 5.74) is 0.764. The summed E-state index contributed by atoms with van der Waals surface area (Å²) >= 11 is 16.2. The third-order valence-electron chi connectivity index (χ3n) is 5.11. The number of benzene rings is 3. The average Bonchev–Trinajstić information content (AvgIpc) is 3.14. The van der Waals surface area contributed by atoms with E-state index in [1.165, 1.54) is 7.11 Å². The van der Waals surface area contributed by atoms with Crippen molar-refractivity contribution in [3.63, 3.8) is 0 Å². The standard InChI is InChI=1S/C26H18BrCl2NO6S/c1-34-21-13-15(12-19(27)23(21)36-25(32)18-4-2-3-5-20(18)29)14-22-24(31)30(26(33)37-22)10-11-35-17-8-6-16(28)7-9-17/h2-9,12-14H,10-11H2,1H3/b22-14-. The first-order valence-electron chi connectivity index (χ1n) is 10.7. The maximum absolute atomic E-state index is 12.9. The fraction of sp³-hybridized carbons (Fsp3) is 0.115. The highest BCUT2D eigenvalue weighted by Crippen LogP contribution is 2.39. The predicted octanol–water partition coefficient (Wildman–Crippen LogP) is 7.10. The minimum atomic E-state index is -0.653. The highest BCUT2D eigenvalue weighted by molar-refractivity contribution is 9.10. The van der Waals surface area contributed by atoms with E-state index in [9.17, 15) is 14.4 Å². The van der Waals surface area contributed by atoms with Gasteiger partial charge in [0.2, 0.25) is 0 Å².